The highest BCUT2D eigenvalue weighted by Gasteiger charge is 2.03. The molecule has 0 saturated carbocycles. The number of hydrazine groups is 1. The highest BCUT2D eigenvalue weighted by atomic mass is 32.2. The van der Waals surface area contributed by atoms with Crippen molar-refractivity contribution in [3.63, 3.8) is 0 Å². The second-order valence-corrected chi connectivity index (χ2v) is 2.96. The molecule has 0 spiro atoms. The summed E-state index contributed by atoms with van der Waals surface area (Å²) in [5.41, 5.74) is 1.69. The van der Waals surface area contributed by atoms with Gasteiger partial charge >= 0.3 is 0 Å². The number of rotatable bonds is 4. The fraction of sp³-hybridized carbons (Fsp3) is 0.143. The molecule has 0 heterocycles. The third-order valence-corrected chi connectivity index (χ3v) is 2.09. The maximum atomic E-state index is 13.1. The fourth-order valence-electron chi connectivity index (χ4n) is 0.769. The van der Waals surface area contributed by atoms with Crippen LogP contribution in [0.1, 0.15) is 0 Å². The predicted molar refractivity (Wildman–Crippen MR) is 46.9 cm³/mol. The zero-order valence-electron chi connectivity index (χ0n) is 6.87. The monoisotopic (exact) mass is 204 g/mol. The molecule has 0 unspecified atom stereocenters. The molecule has 0 amide bonds. The van der Waals surface area contributed by atoms with Crippen LogP contribution in [0.5, 0.6) is 5.75 Å². The minimum atomic E-state index is -0.410. The van der Waals surface area contributed by atoms with Crippen molar-refractivity contribution in [1.82, 2.24) is 10.4 Å². The van der Waals surface area contributed by atoms with Crippen molar-refractivity contribution >= 4 is 11.9 Å². The normalized spacial score (nSPS) is 10.1. The Balaban J connectivity index is 2.73. The Labute approximate surface area is 79.2 Å². The Hall–Kier alpha value is -0.820. The van der Waals surface area contributed by atoms with Crippen molar-refractivity contribution in [2.24, 2.45) is 0 Å². The third-order valence-electron chi connectivity index (χ3n) is 1.35. The van der Waals surface area contributed by atoms with Gasteiger partial charge in [0.2, 0.25) is 0 Å². The molecule has 1 aromatic carbocycles. The molecule has 72 valence electrons. The third kappa shape index (κ3) is 2.85. The number of ether oxygens (including phenoxy) is 1. The fourth-order valence-corrected chi connectivity index (χ4v) is 1.22. The van der Waals surface area contributed by atoms with Gasteiger partial charge in [-0.15, -0.1) is 5.59 Å². The lowest BCUT2D eigenvalue weighted by molar-refractivity contribution is 0.152. The second kappa shape index (κ2) is 5.03. The van der Waals surface area contributed by atoms with Gasteiger partial charge in [-0.05, 0) is 24.1 Å². The summed E-state index contributed by atoms with van der Waals surface area (Å²) in [7, 11) is 1.47. The summed E-state index contributed by atoms with van der Waals surface area (Å²) >= 11 is 0.925. The standard InChI is InChI=1S/C7H9FN2O2S/c1-12-5-2-3-7(6(8)4-5)13-10-9-11/h2-4,9-11H,1H3. The summed E-state index contributed by atoms with van der Waals surface area (Å²) in [6.07, 6.45) is 0. The van der Waals surface area contributed by atoms with E-state index in [9.17, 15) is 4.39 Å². The lowest BCUT2D eigenvalue weighted by Crippen LogP contribution is -2.20. The molecule has 3 N–H and O–H groups in total. The van der Waals surface area contributed by atoms with E-state index in [2.05, 4.69) is 4.83 Å². The highest BCUT2D eigenvalue weighted by Crippen LogP contribution is 2.22. The minimum absolute atomic E-state index is 0.363. The summed E-state index contributed by atoms with van der Waals surface area (Å²) in [6, 6.07) is 4.44. The summed E-state index contributed by atoms with van der Waals surface area (Å²) in [5, 5.41) is 8.19. The summed E-state index contributed by atoms with van der Waals surface area (Å²) in [4.78, 5) is 2.65. The molecule has 0 bridgehead atoms. The average molecular weight is 204 g/mol. The van der Waals surface area contributed by atoms with Gasteiger partial charge in [-0.25, -0.2) is 4.39 Å². The van der Waals surface area contributed by atoms with Crippen LogP contribution in [0.4, 0.5) is 4.39 Å². The number of methoxy groups -OCH3 is 1. The maximum Gasteiger partial charge on any atom is 0.141 e. The van der Waals surface area contributed by atoms with Crippen LogP contribution in [0.2, 0.25) is 0 Å². The van der Waals surface area contributed by atoms with Gasteiger partial charge in [0, 0.05) is 6.07 Å². The number of hydrogen-bond donors (Lipinski definition) is 3. The van der Waals surface area contributed by atoms with E-state index in [1.165, 1.54) is 13.2 Å². The number of halogens is 1. The van der Waals surface area contributed by atoms with E-state index in [1.807, 2.05) is 0 Å². The zero-order chi connectivity index (χ0) is 9.68. The predicted octanol–water partition coefficient (Wildman–Crippen LogP) is 1.32. The first-order chi connectivity index (χ1) is 6.27. The number of benzene rings is 1. The first-order valence-corrected chi connectivity index (χ1v) is 4.24. The van der Waals surface area contributed by atoms with Crippen LogP contribution in [0, 0.1) is 5.82 Å². The highest BCUT2D eigenvalue weighted by molar-refractivity contribution is 7.97. The zero-order valence-corrected chi connectivity index (χ0v) is 7.69. The molecule has 6 heteroatoms. The van der Waals surface area contributed by atoms with Gasteiger partial charge < -0.3 is 9.94 Å². The van der Waals surface area contributed by atoms with Crippen LogP contribution >= 0.6 is 11.9 Å². The van der Waals surface area contributed by atoms with E-state index in [4.69, 9.17) is 9.94 Å². The molecule has 0 aliphatic heterocycles. The van der Waals surface area contributed by atoms with Crippen LogP contribution in [-0.2, 0) is 0 Å². The van der Waals surface area contributed by atoms with Crippen LogP contribution < -0.4 is 15.2 Å². The van der Waals surface area contributed by atoms with Crippen molar-refractivity contribution < 1.29 is 14.3 Å². The topological polar surface area (TPSA) is 53.5 Å². The van der Waals surface area contributed by atoms with E-state index in [-0.39, 0.29) is 0 Å². The smallest absolute Gasteiger partial charge is 0.141 e. The van der Waals surface area contributed by atoms with E-state index in [0.717, 1.165) is 11.9 Å². The molecule has 0 aromatic heterocycles. The van der Waals surface area contributed by atoms with Crippen molar-refractivity contribution in [3.8, 4) is 5.75 Å². The summed E-state index contributed by atoms with van der Waals surface area (Å²) in [5.74, 6) is 0.0471. The molecule has 1 aromatic rings. The van der Waals surface area contributed by atoms with E-state index in [0.29, 0.717) is 10.6 Å². The van der Waals surface area contributed by atoms with Crippen LogP contribution in [0.3, 0.4) is 0 Å². The average Bonchev–Trinajstić information content (AvgIpc) is 2.16. The van der Waals surface area contributed by atoms with Gasteiger partial charge in [0.1, 0.15) is 11.6 Å². The molecular weight excluding hydrogens is 195 g/mol. The van der Waals surface area contributed by atoms with E-state index >= 15 is 0 Å². The molecule has 0 aliphatic carbocycles. The number of hydrogen-bond acceptors (Lipinski definition) is 5. The molecule has 0 fully saturated rings. The van der Waals surface area contributed by atoms with Crippen LogP contribution in [0.25, 0.3) is 0 Å². The first-order valence-electron chi connectivity index (χ1n) is 3.42. The minimum Gasteiger partial charge on any atom is -0.497 e. The summed E-state index contributed by atoms with van der Waals surface area (Å²) < 4.78 is 17.9. The van der Waals surface area contributed by atoms with Crippen molar-refractivity contribution in [3.05, 3.63) is 24.0 Å². The molecular formula is C7H9FN2O2S. The van der Waals surface area contributed by atoms with Gasteiger partial charge in [-0.3, -0.25) is 0 Å². The molecule has 0 radical (unpaired) electrons. The van der Waals surface area contributed by atoms with Gasteiger partial charge in [0.15, 0.2) is 0 Å². The largest absolute Gasteiger partial charge is 0.497 e. The van der Waals surface area contributed by atoms with Gasteiger partial charge in [0.05, 0.1) is 12.0 Å². The molecule has 0 aliphatic rings. The van der Waals surface area contributed by atoms with Gasteiger partial charge in [0.25, 0.3) is 0 Å². The van der Waals surface area contributed by atoms with Crippen LogP contribution in [0.15, 0.2) is 23.1 Å². The molecule has 1 rings (SSSR count). The van der Waals surface area contributed by atoms with Crippen molar-refractivity contribution in [1.29, 1.82) is 0 Å². The second-order valence-electron chi connectivity index (χ2n) is 2.11. The molecule has 0 atom stereocenters. The first kappa shape index (κ1) is 10.3. The van der Waals surface area contributed by atoms with Crippen molar-refractivity contribution in [2.75, 3.05) is 7.11 Å². The molecule has 0 saturated heterocycles. The van der Waals surface area contributed by atoms with Gasteiger partial charge in [-0.2, -0.15) is 4.83 Å². The molecule has 13 heavy (non-hydrogen) atoms. The Morgan fingerprint density at radius 2 is 2.31 bits per heavy atom. The SMILES string of the molecule is COc1ccc(SNNO)c(F)c1. The lowest BCUT2D eigenvalue weighted by Gasteiger charge is -2.04. The van der Waals surface area contributed by atoms with E-state index in [1.54, 1.807) is 17.7 Å². The van der Waals surface area contributed by atoms with Crippen molar-refractivity contribution in [2.45, 2.75) is 4.90 Å². The number of nitrogens with one attached hydrogen (secondary N) is 2. The Bertz CT molecular complexity index is 285. The van der Waals surface area contributed by atoms with Crippen LogP contribution in [-0.4, -0.2) is 12.3 Å². The maximum absolute atomic E-state index is 13.1. The Morgan fingerprint density at radius 3 is 2.85 bits per heavy atom. The summed E-state index contributed by atoms with van der Waals surface area (Å²) in [6.45, 7) is 0. The van der Waals surface area contributed by atoms with E-state index < -0.39 is 5.82 Å². The lowest BCUT2D eigenvalue weighted by atomic mass is 10.3. The quantitative estimate of drug-likeness (QED) is 0.510. The molecule has 4 nitrogen and oxygen atoms in total. The Kier molecular flexibility index (Phi) is 3.97. The van der Waals surface area contributed by atoms with Gasteiger partial charge in [-0.1, -0.05) is 0 Å². The Morgan fingerprint density at radius 1 is 1.54 bits per heavy atom.